The number of carbonyl (C=O) groups is 2. The molecule has 4 N–H and O–H groups in total. The number of hydrogen-bond acceptors (Lipinski definition) is 3. The molecule has 0 fully saturated rings. The maximum absolute atomic E-state index is 11.9. The Balaban J connectivity index is 2.71. The number of halogens is 2. The van der Waals surface area contributed by atoms with Gasteiger partial charge in [-0.1, -0.05) is 45.7 Å². The van der Waals surface area contributed by atoms with Crippen LogP contribution in [0.25, 0.3) is 0 Å². The van der Waals surface area contributed by atoms with Crippen molar-refractivity contribution < 1.29 is 19.8 Å². The predicted octanol–water partition coefficient (Wildman–Crippen LogP) is 2.48. The number of urea groups is 1. The Morgan fingerprint density at radius 3 is 2.50 bits per heavy atom. The highest BCUT2D eigenvalue weighted by Gasteiger charge is 2.35. The summed E-state index contributed by atoms with van der Waals surface area (Å²) in [6, 6.07) is -1.54. The number of aliphatic hydroxyl groups is 1. The molecular formula is C14H20Br2N2O4. The number of amides is 2. The fourth-order valence-electron chi connectivity index (χ4n) is 1.88. The van der Waals surface area contributed by atoms with Gasteiger partial charge in [0.15, 0.2) is 0 Å². The average Bonchev–Trinajstić information content (AvgIpc) is 2.35. The predicted molar refractivity (Wildman–Crippen MR) is 91.0 cm³/mol. The van der Waals surface area contributed by atoms with Gasteiger partial charge in [-0.05, 0) is 31.4 Å². The van der Waals surface area contributed by atoms with Gasteiger partial charge in [-0.3, -0.25) is 0 Å². The van der Waals surface area contributed by atoms with Gasteiger partial charge in [0.2, 0.25) is 0 Å². The van der Waals surface area contributed by atoms with Gasteiger partial charge in [-0.25, -0.2) is 9.59 Å². The first-order chi connectivity index (χ1) is 10.0. The molecule has 124 valence electrons. The Labute approximate surface area is 146 Å². The molecule has 0 bridgehead atoms. The summed E-state index contributed by atoms with van der Waals surface area (Å²) in [5.41, 5.74) is -0.644. The van der Waals surface area contributed by atoms with Crippen molar-refractivity contribution in [1.82, 2.24) is 10.6 Å². The molecule has 8 heteroatoms. The molecule has 0 heterocycles. The zero-order valence-corrected chi connectivity index (χ0v) is 15.7. The Hall–Kier alpha value is -0.860. The zero-order chi connectivity index (χ0) is 17.1. The van der Waals surface area contributed by atoms with Crippen molar-refractivity contribution in [2.75, 3.05) is 0 Å². The van der Waals surface area contributed by atoms with Crippen LogP contribution < -0.4 is 10.6 Å². The van der Waals surface area contributed by atoms with Crippen LogP contribution in [-0.4, -0.2) is 38.7 Å². The van der Waals surface area contributed by atoms with Crippen molar-refractivity contribution in [3.8, 4) is 0 Å². The van der Waals surface area contributed by atoms with E-state index in [2.05, 4.69) is 42.5 Å². The second-order valence-corrected chi connectivity index (χ2v) is 7.62. The highest BCUT2D eigenvalue weighted by atomic mass is 79.9. The van der Waals surface area contributed by atoms with Gasteiger partial charge in [0.25, 0.3) is 0 Å². The number of nitrogens with one attached hydrogen (secondary N) is 2. The molecule has 0 aromatic heterocycles. The summed E-state index contributed by atoms with van der Waals surface area (Å²) in [7, 11) is 0. The van der Waals surface area contributed by atoms with E-state index in [1.807, 2.05) is 13.8 Å². The van der Waals surface area contributed by atoms with Crippen LogP contribution in [0, 0.1) is 5.92 Å². The molecule has 0 radical (unpaired) electrons. The zero-order valence-electron chi connectivity index (χ0n) is 12.6. The molecule has 22 heavy (non-hydrogen) atoms. The Kier molecular flexibility index (Phi) is 6.64. The van der Waals surface area contributed by atoms with Gasteiger partial charge in [0.05, 0.1) is 4.83 Å². The molecule has 1 aliphatic carbocycles. The first-order valence-electron chi connectivity index (χ1n) is 6.80. The SMILES string of the molecule is CC(C)CC(NC(=O)NC1=CC(Br)C(C)(O)C(Br)=C1)C(=O)O. The largest absolute Gasteiger partial charge is 0.480 e. The normalized spacial score (nSPS) is 26.0. The maximum Gasteiger partial charge on any atom is 0.326 e. The molecule has 1 rings (SSSR count). The van der Waals surface area contributed by atoms with E-state index in [9.17, 15) is 14.7 Å². The van der Waals surface area contributed by atoms with E-state index in [-0.39, 0.29) is 10.7 Å². The topological polar surface area (TPSA) is 98.7 Å². The van der Waals surface area contributed by atoms with Crippen LogP contribution >= 0.6 is 31.9 Å². The number of allylic oxidation sites excluding steroid dienone is 1. The molecule has 0 saturated carbocycles. The van der Waals surface area contributed by atoms with Crippen LogP contribution in [0.4, 0.5) is 4.79 Å². The van der Waals surface area contributed by atoms with Crippen LogP contribution in [0.2, 0.25) is 0 Å². The summed E-state index contributed by atoms with van der Waals surface area (Å²) in [4.78, 5) is 22.7. The number of alkyl halides is 1. The van der Waals surface area contributed by atoms with E-state index in [0.717, 1.165) is 0 Å². The lowest BCUT2D eigenvalue weighted by Gasteiger charge is -2.31. The highest BCUT2D eigenvalue weighted by Crippen LogP contribution is 2.35. The van der Waals surface area contributed by atoms with Crippen molar-refractivity contribution in [2.45, 2.75) is 43.7 Å². The molecule has 3 atom stereocenters. The molecule has 6 nitrogen and oxygen atoms in total. The van der Waals surface area contributed by atoms with Crippen LogP contribution in [0.5, 0.6) is 0 Å². The van der Waals surface area contributed by atoms with Gasteiger partial charge in [0.1, 0.15) is 11.6 Å². The molecule has 0 aromatic rings. The van der Waals surface area contributed by atoms with Crippen LogP contribution in [0.3, 0.4) is 0 Å². The minimum atomic E-state index is -1.11. The number of carboxylic acid groups (broad SMARTS) is 1. The van der Waals surface area contributed by atoms with E-state index in [1.54, 1.807) is 19.1 Å². The second-order valence-electron chi connectivity index (χ2n) is 5.78. The molecule has 1 aliphatic rings. The number of carboxylic acids is 1. The molecular weight excluding hydrogens is 420 g/mol. The number of rotatable bonds is 5. The minimum absolute atomic E-state index is 0.145. The summed E-state index contributed by atoms with van der Waals surface area (Å²) in [6.07, 6.45) is 3.56. The van der Waals surface area contributed by atoms with Gasteiger partial charge in [-0.15, -0.1) is 0 Å². The number of carbonyl (C=O) groups excluding carboxylic acids is 1. The third-order valence-electron chi connectivity index (χ3n) is 3.20. The lowest BCUT2D eigenvalue weighted by atomic mass is 9.96. The summed E-state index contributed by atoms with van der Waals surface area (Å²) in [5.74, 6) is -0.925. The first-order valence-corrected chi connectivity index (χ1v) is 8.51. The van der Waals surface area contributed by atoms with Gasteiger partial charge in [0, 0.05) is 10.2 Å². The maximum atomic E-state index is 11.9. The minimum Gasteiger partial charge on any atom is -0.480 e. The van der Waals surface area contributed by atoms with Gasteiger partial charge >= 0.3 is 12.0 Å². The molecule has 0 aromatic carbocycles. The Morgan fingerprint density at radius 1 is 1.45 bits per heavy atom. The molecule has 0 saturated heterocycles. The molecule has 0 aliphatic heterocycles. The van der Waals surface area contributed by atoms with E-state index in [1.165, 1.54) is 0 Å². The lowest BCUT2D eigenvalue weighted by molar-refractivity contribution is -0.139. The van der Waals surface area contributed by atoms with Crippen molar-refractivity contribution in [1.29, 1.82) is 0 Å². The summed E-state index contributed by atoms with van der Waals surface area (Å²) < 4.78 is 0.511. The summed E-state index contributed by atoms with van der Waals surface area (Å²) in [5, 5.41) is 24.3. The standard InChI is InChI=1S/C14H20Br2N2O4/c1-7(2)4-9(12(19)20)18-13(21)17-8-5-10(15)14(3,22)11(16)6-8/h5-7,9-10,22H,4H2,1-3H3,(H,19,20)(H2,17,18,21). The number of aliphatic carboxylic acids is 1. The first kappa shape index (κ1) is 19.2. The van der Waals surface area contributed by atoms with E-state index in [4.69, 9.17) is 5.11 Å². The van der Waals surface area contributed by atoms with Gasteiger partial charge < -0.3 is 20.8 Å². The van der Waals surface area contributed by atoms with E-state index >= 15 is 0 Å². The number of hydrogen-bond donors (Lipinski definition) is 4. The van der Waals surface area contributed by atoms with E-state index < -0.39 is 23.6 Å². The van der Waals surface area contributed by atoms with Crippen molar-refractivity contribution in [2.24, 2.45) is 5.92 Å². The Bertz CT molecular complexity index is 515. The molecule has 3 unspecified atom stereocenters. The Morgan fingerprint density at radius 2 is 2.05 bits per heavy atom. The second kappa shape index (κ2) is 7.61. The molecule has 2 amide bonds. The molecule has 0 spiro atoms. The third-order valence-corrected chi connectivity index (χ3v) is 5.38. The summed E-state index contributed by atoms with van der Waals surface area (Å²) >= 11 is 6.59. The third kappa shape index (κ3) is 5.10. The summed E-state index contributed by atoms with van der Waals surface area (Å²) in [6.45, 7) is 5.40. The van der Waals surface area contributed by atoms with E-state index in [0.29, 0.717) is 16.6 Å². The van der Waals surface area contributed by atoms with Gasteiger partial charge in [-0.2, -0.15) is 0 Å². The fraction of sp³-hybridized carbons (Fsp3) is 0.571. The highest BCUT2D eigenvalue weighted by molar-refractivity contribution is 9.12. The lowest BCUT2D eigenvalue weighted by Crippen LogP contribution is -2.47. The van der Waals surface area contributed by atoms with Crippen LogP contribution in [0.15, 0.2) is 22.3 Å². The fourth-order valence-corrected chi connectivity index (χ4v) is 3.21. The van der Waals surface area contributed by atoms with Crippen molar-refractivity contribution in [3.05, 3.63) is 22.3 Å². The van der Waals surface area contributed by atoms with Crippen LogP contribution in [0.1, 0.15) is 27.2 Å². The quantitative estimate of drug-likeness (QED) is 0.494. The van der Waals surface area contributed by atoms with Crippen molar-refractivity contribution >= 4 is 43.9 Å². The monoisotopic (exact) mass is 438 g/mol. The average molecular weight is 440 g/mol. The van der Waals surface area contributed by atoms with Crippen LogP contribution in [-0.2, 0) is 4.79 Å². The smallest absolute Gasteiger partial charge is 0.326 e. The van der Waals surface area contributed by atoms with Crippen molar-refractivity contribution in [3.63, 3.8) is 0 Å².